The number of benzene rings is 1. The SMILES string of the molecule is CCOc1cc(Cl)c(-n2cnc(N)c(C(=O)Nc3cncc(C(C)N)n3)c2=O)c(Cl)c1. The van der Waals surface area contributed by atoms with Gasteiger partial charge in [0, 0.05) is 18.2 Å². The van der Waals surface area contributed by atoms with E-state index in [2.05, 4.69) is 20.3 Å². The minimum Gasteiger partial charge on any atom is -0.494 e. The lowest BCUT2D eigenvalue weighted by atomic mass is 10.2. The van der Waals surface area contributed by atoms with Crippen LogP contribution >= 0.6 is 23.2 Å². The lowest BCUT2D eigenvalue weighted by Crippen LogP contribution is -2.31. The summed E-state index contributed by atoms with van der Waals surface area (Å²) in [6, 6.07) is 2.61. The highest BCUT2D eigenvalue weighted by Gasteiger charge is 2.22. The van der Waals surface area contributed by atoms with Gasteiger partial charge in [-0.1, -0.05) is 23.2 Å². The summed E-state index contributed by atoms with van der Waals surface area (Å²) in [6.45, 7) is 3.94. The van der Waals surface area contributed by atoms with Crippen molar-refractivity contribution in [3.63, 3.8) is 0 Å². The van der Waals surface area contributed by atoms with Gasteiger partial charge >= 0.3 is 0 Å². The maximum atomic E-state index is 13.1. The molecule has 0 saturated heterocycles. The standard InChI is InChI=1S/C19H19Cl2N7O3/c1-3-31-10-4-11(20)16(12(21)5-10)28-8-25-17(23)15(19(28)30)18(29)27-14-7-24-6-13(26-14)9(2)22/h4-9H,3,22-23H2,1-2H3,(H,26,27,29). The Morgan fingerprint density at radius 2 is 1.97 bits per heavy atom. The molecule has 12 heteroatoms. The number of nitrogens with two attached hydrogens (primary N) is 2. The van der Waals surface area contributed by atoms with Gasteiger partial charge in [-0.15, -0.1) is 0 Å². The summed E-state index contributed by atoms with van der Waals surface area (Å²) < 4.78 is 6.42. The van der Waals surface area contributed by atoms with E-state index in [1.807, 2.05) is 6.92 Å². The fourth-order valence-electron chi connectivity index (χ4n) is 2.70. The second-order valence-corrected chi connectivity index (χ2v) is 7.23. The van der Waals surface area contributed by atoms with Crippen molar-refractivity contribution in [3.05, 3.63) is 62.5 Å². The molecular formula is C19H19Cl2N7O3. The molecule has 0 aliphatic heterocycles. The van der Waals surface area contributed by atoms with Gasteiger partial charge in [0.2, 0.25) is 0 Å². The first-order chi connectivity index (χ1) is 14.7. The summed E-state index contributed by atoms with van der Waals surface area (Å²) in [5, 5.41) is 2.74. The molecular weight excluding hydrogens is 445 g/mol. The smallest absolute Gasteiger partial charge is 0.273 e. The maximum Gasteiger partial charge on any atom is 0.273 e. The van der Waals surface area contributed by atoms with Crippen molar-refractivity contribution >= 4 is 40.7 Å². The summed E-state index contributed by atoms with van der Waals surface area (Å²) >= 11 is 12.6. The third kappa shape index (κ3) is 4.76. The average Bonchev–Trinajstić information content (AvgIpc) is 2.69. The average molecular weight is 464 g/mol. The van der Waals surface area contributed by atoms with Crippen molar-refractivity contribution in [2.75, 3.05) is 17.7 Å². The number of amides is 1. The van der Waals surface area contributed by atoms with Gasteiger partial charge < -0.3 is 21.5 Å². The quantitative estimate of drug-likeness (QED) is 0.504. The van der Waals surface area contributed by atoms with E-state index in [0.717, 1.165) is 10.9 Å². The lowest BCUT2D eigenvalue weighted by molar-refractivity contribution is 0.102. The molecule has 1 unspecified atom stereocenters. The number of hydrogen-bond acceptors (Lipinski definition) is 8. The summed E-state index contributed by atoms with van der Waals surface area (Å²) in [4.78, 5) is 38.0. The van der Waals surface area contributed by atoms with Crippen molar-refractivity contribution in [1.29, 1.82) is 0 Å². The number of halogens is 2. The third-order valence-electron chi connectivity index (χ3n) is 4.13. The molecule has 1 aromatic carbocycles. The van der Waals surface area contributed by atoms with Crippen LogP contribution in [0, 0.1) is 0 Å². The number of ether oxygens (including phenoxy) is 1. The number of hydrogen-bond donors (Lipinski definition) is 3. The van der Waals surface area contributed by atoms with Gasteiger partial charge in [-0.25, -0.2) is 9.97 Å². The zero-order valence-electron chi connectivity index (χ0n) is 16.6. The van der Waals surface area contributed by atoms with E-state index in [0.29, 0.717) is 18.1 Å². The van der Waals surface area contributed by atoms with Crippen molar-refractivity contribution < 1.29 is 9.53 Å². The van der Waals surface area contributed by atoms with Crippen molar-refractivity contribution in [2.24, 2.45) is 5.73 Å². The summed E-state index contributed by atoms with van der Waals surface area (Å²) in [5.41, 5.74) is 11.0. The van der Waals surface area contributed by atoms with Crippen LogP contribution in [0.5, 0.6) is 5.75 Å². The number of nitrogen functional groups attached to an aromatic ring is 1. The van der Waals surface area contributed by atoms with Gasteiger partial charge in [-0.05, 0) is 13.8 Å². The second kappa shape index (κ2) is 9.29. The van der Waals surface area contributed by atoms with Gasteiger partial charge in [0.05, 0.1) is 40.4 Å². The predicted octanol–water partition coefficient (Wildman–Crippen LogP) is 2.58. The van der Waals surface area contributed by atoms with E-state index in [4.69, 9.17) is 39.4 Å². The Hall–Kier alpha value is -3.21. The van der Waals surface area contributed by atoms with Crippen LogP contribution in [-0.2, 0) is 0 Å². The zero-order valence-corrected chi connectivity index (χ0v) is 18.1. The van der Waals surface area contributed by atoms with Gasteiger partial charge in [0.15, 0.2) is 5.82 Å². The van der Waals surface area contributed by atoms with Crippen LogP contribution < -0.4 is 27.1 Å². The van der Waals surface area contributed by atoms with Crippen LogP contribution in [0.4, 0.5) is 11.6 Å². The predicted molar refractivity (Wildman–Crippen MR) is 118 cm³/mol. The highest BCUT2D eigenvalue weighted by Crippen LogP contribution is 2.32. The highest BCUT2D eigenvalue weighted by molar-refractivity contribution is 6.38. The topological polar surface area (TPSA) is 151 Å². The molecule has 1 atom stereocenters. The molecule has 0 aliphatic carbocycles. The minimum atomic E-state index is -0.821. The first-order valence-electron chi connectivity index (χ1n) is 9.11. The molecule has 162 valence electrons. The normalized spacial score (nSPS) is 11.8. The number of rotatable bonds is 6. The van der Waals surface area contributed by atoms with Crippen LogP contribution in [0.15, 0.2) is 35.6 Å². The monoisotopic (exact) mass is 463 g/mol. The molecule has 31 heavy (non-hydrogen) atoms. The number of nitrogens with one attached hydrogen (secondary N) is 1. The van der Waals surface area contributed by atoms with E-state index in [1.165, 1.54) is 24.5 Å². The zero-order chi connectivity index (χ0) is 22.7. The van der Waals surface area contributed by atoms with E-state index < -0.39 is 23.1 Å². The maximum absolute atomic E-state index is 13.1. The van der Waals surface area contributed by atoms with Crippen LogP contribution in [0.3, 0.4) is 0 Å². The van der Waals surface area contributed by atoms with Crippen LogP contribution in [0.25, 0.3) is 5.69 Å². The number of aromatic nitrogens is 4. The number of carbonyl (C=O) groups excluding carboxylic acids is 1. The largest absolute Gasteiger partial charge is 0.494 e. The van der Waals surface area contributed by atoms with Gasteiger partial charge in [0.25, 0.3) is 11.5 Å². The third-order valence-corrected chi connectivity index (χ3v) is 4.71. The molecule has 0 bridgehead atoms. The summed E-state index contributed by atoms with van der Waals surface area (Å²) in [5.74, 6) is -0.554. The lowest BCUT2D eigenvalue weighted by Gasteiger charge is -2.14. The number of carbonyl (C=O) groups is 1. The highest BCUT2D eigenvalue weighted by atomic mass is 35.5. The van der Waals surface area contributed by atoms with Crippen LogP contribution in [0.1, 0.15) is 35.9 Å². The molecule has 2 heterocycles. The molecule has 3 rings (SSSR count). The molecule has 10 nitrogen and oxygen atoms in total. The molecule has 1 amide bonds. The van der Waals surface area contributed by atoms with Gasteiger partial charge in [-0.3, -0.25) is 19.1 Å². The number of anilines is 2. The van der Waals surface area contributed by atoms with E-state index in [1.54, 1.807) is 6.92 Å². The van der Waals surface area contributed by atoms with Crippen molar-refractivity contribution in [2.45, 2.75) is 19.9 Å². The Morgan fingerprint density at radius 1 is 1.29 bits per heavy atom. The molecule has 2 aromatic heterocycles. The Bertz CT molecular complexity index is 1170. The molecule has 5 N–H and O–H groups in total. The first kappa shape index (κ1) is 22.5. The van der Waals surface area contributed by atoms with Gasteiger partial charge in [-0.2, -0.15) is 0 Å². The van der Waals surface area contributed by atoms with Crippen LogP contribution in [0.2, 0.25) is 10.0 Å². The Kier molecular flexibility index (Phi) is 6.74. The summed E-state index contributed by atoms with van der Waals surface area (Å²) in [7, 11) is 0. The molecule has 0 fully saturated rings. The summed E-state index contributed by atoms with van der Waals surface area (Å²) in [6.07, 6.45) is 3.93. The molecule has 0 aliphatic rings. The van der Waals surface area contributed by atoms with Crippen molar-refractivity contribution in [1.82, 2.24) is 19.5 Å². The van der Waals surface area contributed by atoms with Gasteiger partial charge in [0.1, 0.15) is 23.5 Å². The fraction of sp³-hybridized carbons (Fsp3) is 0.211. The molecule has 0 radical (unpaired) electrons. The molecule has 3 aromatic rings. The number of nitrogens with zero attached hydrogens (tertiary/aromatic N) is 4. The molecule has 0 spiro atoms. The first-order valence-corrected chi connectivity index (χ1v) is 9.86. The molecule has 0 saturated carbocycles. The van der Waals surface area contributed by atoms with E-state index in [9.17, 15) is 9.59 Å². The Labute approximate surface area is 187 Å². The van der Waals surface area contributed by atoms with E-state index in [-0.39, 0.29) is 27.4 Å². The van der Waals surface area contributed by atoms with Crippen LogP contribution in [-0.4, -0.2) is 32.0 Å². The van der Waals surface area contributed by atoms with Crippen molar-refractivity contribution in [3.8, 4) is 11.4 Å². The minimum absolute atomic E-state index is 0.103. The Morgan fingerprint density at radius 3 is 2.58 bits per heavy atom. The fourth-order valence-corrected chi connectivity index (χ4v) is 3.35. The Balaban J connectivity index is 2.03. The second-order valence-electron chi connectivity index (χ2n) is 6.42. The van der Waals surface area contributed by atoms with E-state index >= 15 is 0 Å².